The van der Waals surface area contributed by atoms with Gasteiger partial charge in [-0.1, -0.05) is 109 Å². The third kappa shape index (κ3) is 5.19. The van der Waals surface area contributed by atoms with E-state index >= 15 is 0 Å². The summed E-state index contributed by atoms with van der Waals surface area (Å²) in [4.78, 5) is 6.72. The molecule has 4 heteroatoms. The first kappa shape index (κ1) is 31.1. The Morgan fingerprint density at radius 2 is 1.05 bits per heavy atom. The fourth-order valence-electron chi connectivity index (χ4n) is 8.17. The number of para-hydroxylation sites is 2. The van der Waals surface area contributed by atoms with Crippen LogP contribution in [-0.2, 0) is 0 Å². The summed E-state index contributed by atoms with van der Waals surface area (Å²) in [5.41, 5.74) is 13.3. The quantitative estimate of drug-likeness (QED) is 0.173. The van der Waals surface area contributed by atoms with Crippen LogP contribution in [0.5, 0.6) is 0 Å². The fourth-order valence-corrected chi connectivity index (χ4v) is 8.17. The van der Waals surface area contributed by atoms with E-state index in [0.29, 0.717) is 0 Å². The van der Waals surface area contributed by atoms with Crippen LogP contribution in [0.15, 0.2) is 203 Å². The average molecular weight is 705 g/mol. The van der Waals surface area contributed by atoms with Gasteiger partial charge in [0.15, 0.2) is 0 Å². The van der Waals surface area contributed by atoms with Crippen molar-refractivity contribution in [3.63, 3.8) is 0 Å². The van der Waals surface area contributed by atoms with Crippen molar-refractivity contribution in [2.24, 2.45) is 0 Å². The number of benzene rings is 8. The van der Waals surface area contributed by atoms with E-state index < -0.39 is 0 Å². The molecule has 0 bridgehead atoms. The number of fused-ring (bicyclic) bond motifs is 8. The molecule has 0 saturated carbocycles. The highest BCUT2D eigenvalue weighted by Crippen LogP contribution is 2.45. The minimum atomic E-state index is 0.863. The van der Waals surface area contributed by atoms with Crippen LogP contribution in [0.4, 0.5) is 17.1 Å². The molecule has 0 aliphatic rings. The Labute approximate surface area is 317 Å². The second-order valence-electron chi connectivity index (χ2n) is 13.9. The molecule has 3 heterocycles. The van der Waals surface area contributed by atoms with E-state index in [0.717, 1.165) is 94.3 Å². The lowest BCUT2D eigenvalue weighted by molar-refractivity contribution is 0.669. The Balaban J connectivity index is 1.00. The fraction of sp³-hybridized carbons (Fsp3) is 0. The summed E-state index contributed by atoms with van der Waals surface area (Å²) in [5, 5.41) is 6.84. The number of pyridine rings is 1. The molecule has 0 radical (unpaired) electrons. The van der Waals surface area contributed by atoms with Gasteiger partial charge < -0.3 is 13.7 Å². The Kier molecular flexibility index (Phi) is 7.14. The largest absolute Gasteiger partial charge is 0.456 e. The standard InChI is InChI=1S/C51H32N2O2/c1-2-12-38(13-3-1)53(39-24-19-33(20-25-39)35-23-28-44-43-15-6-7-17-46(43)54-48(44)31-35)40-26-21-34(22-27-40)45-30-36-10-4-5-14-41(36)50-49-42(37-11-9-29-52-32-37)16-8-18-47(49)55-51(45)50/h1-32H. The predicted molar refractivity (Wildman–Crippen MR) is 227 cm³/mol. The maximum atomic E-state index is 6.77. The number of anilines is 3. The Hall–Kier alpha value is -7.43. The third-order valence-electron chi connectivity index (χ3n) is 10.8. The molecule has 0 aliphatic heterocycles. The number of aromatic nitrogens is 1. The summed E-state index contributed by atoms with van der Waals surface area (Å²) in [6, 6.07) is 64.0. The molecule has 0 N–H and O–H groups in total. The van der Waals surface area contributed by atoms with Gasteiger partial charge in [-0.15, -0.1) is 0 Å². The Morgan fingerprint density at radius 1 is 0.382 bits per heavy atom. The molecule has 55 heavy (non-hydrogen) atoms. The summed E-state index contributed by atoms with van der Waals surface area (Å²) >= 11 is 0. The third-order valence-corrected chi connectivity index (χ3v) is 10.8. The molecule has 8 aromatic carbocycles. The molecular weight excluding hydrogens is 673 g/mol. The van der Waals surface area contributed by atoms with Crippen molar-refractivity contribution in [1.29, 1.82) is 0 Å². The van der Waals surface area contributed by atoms with Crippen LogP contribution in [0.1, 0.15) is 0 Å². The van der Waals surface area contributed by atoms with Crippen molar-refractivity contribution >= 4 is 71.7 Å². The molecule has 3 aromatic heterocycles. The van der Waals surface area contributed by atoms with E-state index in [4.69, 9.17) is 8.83 Å². The summed E-state index contributed by atoms with van der Waals surface area (Å²) in [6.45, 7) is 0. The molecule has 0 amide bonds. The van der Waals surface area contributed by atoms with Gasteiger partial charge in [0, 0.05) is 62.1 Å². The first-order chi connectivity index (χ1) is 27.3. The summed E-state index contributed by atoms with van der Waals surface area (Å²) < 4.78 is 13.0. The number of hydrogen-bond acceptors (Lipinski definition) is 4. The van der Waals surface area contributed by atoms with Gasteiger partial charge in [-0.3, -0.25) is 4.98 Å². The van der Waals surface area contributed by atoms with Gasteiger partial charge in [-0.25, -0.2) is 0 Å². The first-order valence-electron chi connectivity index (χ1n) is 18.5. The van der Waals surface area contributed by atoms with Crippen LogP contribution in [0, 0.1) is 0 Å². The van der Waals surface area contributed by atoms with Crippen molar-refractivity contribution in [2.45, 2.75) is 0 Å². The number of furan rings is 2. The van der Waals surface area contributed by atoms with E-state index in [1.54, 1.807) is 0 Å². The van der Waals surface area contributed by atoms with Gasteiger partial charge in [-0.05, 0) is 106 Å². The minimum Gasteiger partial charge on any atom is -0.456 e. The lowest BCUT2D eigenvalue weighted by Gasteiger charge is -2.26. The smallest absolute Gasteiger partial charge is 0.143 e. The molecule has 11 aromatic rings. The summed E-state index contributed by atoms with van der Waals surface area (Å²) in [5.74, 6) is 0. The molecule has 0 spiro atoms. The highest BCUT2D eigenvalue weighted by atomic mass is 16.3. The monoisotopic (exact) mass is 704 g/mol. The Bertz CT molecular complexity index is 3180. The summed E-state index contributed by atoms with van der Waals surface area (Å²) in [6.07, 6.45) is 3.73. The average Bonchev–Trinajstić information content (AvgIpc) is 3.84. The molecular formula is C51H32N2O2. The summed E-state index contributed by atoms with van der Waals surface area (Å²) in [7, 11) is 0. The lowest BCUT2D eigenvalue weighted by atomic mass is 9.93. The van der Waals surface area contributed by atoms with Crippen molar-refractivity contribution in [3.05, 3.63) is 194 Å². The second-order valence-corrected chi connectivity index (χ2v) is 13.9. The van der Waals surface area contributed by atoms with E-state index in [-0.39, 0.29) is 0 Å². The van der Waals surface area contributed by atoms with Gasteiger partial charge in [-0.2, -0.15) is 0 Å². The molecule has 0 aliphatic carbocycles. The van der Waals surface area contributed by atoms with E-state index in [9.17, 15) is 0 Å². The van der Waals surface area contributed by atoms with Crippen LogP contribution < -0.4 is 4.90 Å². The van der Waals surface area contributed by atoms with E-state index in [1.807, 2.05) is 30.6 Å². The minimum absolute atomic E-state index is 0.863. The topological polar surface area (TPSA) is 42.4 Å². The predicted octanol–water partition coefficient (Wildman–Crippen LogP) is 14.5. The molecule has 11 rings (SSSR count). The molecule has 0 unspecified atom stereocenters. The van der Waals surface area contributed by atoms with Crippen LogP contribution in [0.25, 0.3) is 88.0 Å². The van der Waals surface area contributed by atoms with Crippen molar-refractivity contribution < 1.29 is 8.83 Å². The van der Waals surface area contributed by atoms with E-state index in [1.165, 1.54) is 10.8 Å². The maximum Gasteiger partial charge on any atom is 0.143 e. The van der Waals surface area contributed by atoms with Crippen LogP contribution in [0.3, 0.4) is 0 Å². The number of nitrogens with zero attached hydrogens (tertiary/aromatic N) is 2. The molecule has 258 valence electrons. The van der Waals surface area contributed by atoms with E-state index in [2.05, 4.69) is 174 Å². The SMILES string of the molecule is c1ccc(N(c2ccc(-c3ccc4c(c3)oc3ccccc34)cc2)c2ccc(-c3cc4ccccc4c4c3oc3cccc(-c5cccnc5)c34)cc2)cc1. The normalized spacial score (nSPS) is 11.6. The zero-order chi connectivity index (χ0) is 36.3. The number of rotatable bonds is 6. The molecule has 0 atom stereocenters. The molecule has 0 saturated heterocycles. The maximum absolute atomic E-state index is 6.77. The first-order valence-corrected chi connectivity index (χ1v) is 18.5. The zero-order valence-electron chi connectivity index (χ0n) is 29.7. The molecule has 4 nitrogen and oxygen atoms in total. The van der Waals surface area contributed by atoms with Gasteiger partial charge in [0.2, 0.25) is 0 Å². The van der Waals surface area contributed by atoms with Crippen molar-refractivity contribution in [3.8, 4) is 33.4 Å². The number of hydrogen-bond donors (Lipinski definition) is 0. The van der Waals surface area contributed by atoms with Gasteiger partial charge in [0.1, 0.15) is 22.3 Å². The molecule has 0 fully saturated rings. The van der Waals surface area contributed by atoms with Gasteiger partial charge in [0.25, 0.3) is 0 Å². The second kappa shape index (κ2) is 12.6. The van der Waals surface area contributed by atoms with Gasteiger partial charge in [0.05, 0.1) is 0 Å². The highest BCUT2D eigenvalue weighted by molar-refractivity contribution is 6.25. The lowest BCUT2D eigenvalue weighted by Crippen LogP contribution is -2.09. The van der Waals surface area contributed by atoms with Crippen LogP contribution in [0.2, 0.25) is 0 Å². The van der Waals surface area contributed by atoms with Crippen LogP contribution in [-0.4, -0.2) is 4.98 Å². The highest BCUT2D eigenvalue weighted by Gasteiger charge is 2.20. The Morgan fingerprint density at radius 3 is 1.85 bits per heavy atom. The van der Waals surface area contributed by atoms with Crippen LogP contribution >= 0.6 is 0 Å². The van der Waals surface area contributed by atoms with Gasteiger partial charge >= 0.3 is 0 Å². The van der Waals surface area contributed by atoms with Crippen molar-refractivity contribution in [1.82, 2.24) is 4.98 Å². The zero-order valence-corrected chi connectivity index (χ0v) is 29.7. The van der Waals surface area contributed by atoms with Crippen molar-refractivity contribution in [2.75, 3.05) is 4.90 Å².